The summed E-state index contributed by atoms with van der Waals surface area (Å²) >= 11 is 5.93. The van der Waals surface area contributed by atoms with Crippen LogP contribution in [-0.2, 0) is 4.74 Å². The van der Waals surface area contributed by atoms with Crippen LogP contribution >= 0.6 is 11.6 Å². The van der Waals surface area contributed by atoms with Crippen molar-refractivity contribution in [3.63, 3.8) is 0 Å². The number of primary amides is 1. The molecule has 2 atom stereocenters. The van der Waals surface area contributed by atoms with Gasteiger partial charge in [0.2, 0.25) is 5.56 Å². The summed E-state index contributed by atoms with van der Waals surface area (Å²) in [7, 11) is 0. The number of nitrogens with two attached hydrogens (primary N) is 1. The fourth-order valence-corrected chi connectivity index (χ4v) is 1.29. The van der Waals surface area contributed by atoms with Gasteiger partial charge < -0.3 is 15.2 Å². The molecule has 1 aromatic carbocycles. The summed E-state index contributed by atoms with van der Waals surface area (Å²) in [6.45, 7) is 3.51. The molecule has 0 bridgehead atoms. The molecule has 4 nitrogen and oxygen atoms in total. The molecule has 88 valence electrons. The van der Waals surface area contributed by atoms with E-state index >= 15 is 0 Å². The fraction of sp³-hybridized carbons (Fsp3) is 0.364. The van der Waals surface area contributed by atoms with E-state index in [1.807, 2.05) is 25.1 Å². The van der Waals surface area contributed by atoms with Crippen molar-refractivity contribution in [3.05, 3.63) is 29.8 Å². The van der Waals surface area contributed by atoms with E-state index in [0.717, 1.165) is 5.56 Å². The quantitative estimate of drug-likeness (QED) is 0.826. The van der Waals surface area contributed by atoms with Crippen LogP contribution in [0.1, 0.15) is 12.5 Å². The van der Waals surface area contributed by atoms with Crippen molar-refractivity contribution < 1.29 is 14.3 Å². The molecule has 0 heterocycles. The normalized spacial score (nSPS) is 13.9. The first-order valence-corrected chi connectivity index (χ1v) is 5.27. The van der Waals surface area contributed by atoms with E-state index in [1.165, 1.54) is 0 Å². The van der Waals surface area contributed by atoms with Crippen molar-refractivity contribution in [2.24, 2.45) is 5.73 Å². The highest BCUT2D eigenvalue weighted by atomic mass is 35.5. The van der Waals surface area contributed by atoms with Gasteiger partial charge in [-0.3, -0.25) is 0 Å². The Hall–Kier alpha value is -1.42. The average Bonchev–Trinajstić information content (AvgIpc) is 2.20. The zero-order chi connectivity index (χ0) is 12.1. The van der Waals surface area contributed by atoms with Gasteiger partial charge in [0.05, 0.1) is 0 Å². The Morgan fingerprint density at radius 3 is 2.62 bits per heavy atom. The van der Waals surface area contributed by atoms with E-state index in [1.54, 1.807) is 13.0 Å². The highest BCUT2D eigenvalue weighted by Gasteiger charge is 2.19. The summed E-state index contributed by atoms with van der Waals surface area (Å²) in [6.07, 6.45) is -1.48. The smallest absolute Gasteiger partial charge is 0.404 e. The molecule has 0 aliphatic rings. The second-order valence-electron chi connectivity index (χ2n) is 3.38. The lowest BCUT2D eigenvalue weighted by Gasteiger charge is -2.19. The number of hydrogen-bond acceptors (Lipinski definition) is 3. The number of amides is 1. The Morgan fingerprint density at radius 2 is 2.06 bits per heavy atom. The first-order valence-electron chi connectivity index (χ1n) is 4.83. The number of aryl methyl sites for hydroxylation is 1. The molecule has 0 fully saturated rings. The molecule has 0 aromatic heterocycles. The Labute approximate surface area is 99.3 Å². The molecule has 16 heavy (non-hydrogen) atoms. The SMILES string of the molecule is Cc1ccccc1O[C@@H](Cl)[C@H](C)OC(N)=O. The first-order chi connectivity index (χ1) is 7.50. The van der Waals surface area contributed by atoms with Crippen molar-refractivity contribution >= 4 is 17.7 Å². The number of alkyl halides is 1. The molecule has 0 aliphatic heterocycles. The summed E-state index contributed by atoms with van der Waals surface area (Å²) in [5, 5.41) is 0. The number of hydrogen-bond donors (Lipinski definition) is 1. The molecule has 0 radical (unpaired) electrons. The van der Waals surface area contributed by atoms with E-state index < -0.39 is 17.8 Å². The molecule has 0 spiro atoms. The lowest BCUT2D eigenvalue weighted by atomic mass is 10.2. The second kappa shape index (κ2) is 5.61. The number of halogens is 1. The number of para-hydroxylation sites is 1. The lowest BCUT2D eigenvalue weighted by molar-refractivity contribution is 0.0657. The standard InChI is InChI=1S/C11H14ClNO3/c1-7-5-3-4-6-9(7)16-10(12)8(2)15-11(13)14/h3-6,8,10H,1-2H3,(H2,13,14)/t8-,10+/m0/s1. The van der Waals surface area contributed by atoms with Crippen LogP contribution in [0.2, 0.25) is 0 Å². The van der Waals surface area contributed by atoms with E-state index in [0.29, 0.717) is 5.75 Å². The molecule has 1 amide bonds. The third kappa shape index (κ3) is 3.62. The van der Waals surface area contributed by atoms with E-state index in [-0.39, 0.29) is 0 Å². The Kier molecular flexibility index (Phi) is 4.43. The van der Waals surface area contributed by atoms with Gasteiger partial charge in [-0.2, -0.15) is 0 Å². The van der Waals surface area contributed by atoms with Crippen molar-refractivity contribution in [3.8, 4) is 5.75 Å². The number of carbonyl (C=O) groups is 1. The Bertz CT molecular complexity index is 370. The van der Waals surface area contributed by atoms with Gasteiger partial charge in [0.1, 0.15) is 5.75 Å². The van der Waals surface area contributed by atoms with Crippen molar-refractivity contribution in [2.75, 3.05) is 0 Å². The maximum atomic E-state index is 10.5. The van der Waals surface area contributed by atoms with Gasteiger partial charge in [-0.25, -0.2) is 4.79 Å². The molecule has 0 aliphatic carbocycles. The number of ether oxygens (including phenoxy) is 2. The zero-order valence-corrected chi connectivity index (χ0v) is 9.90. The molecule has 5 heteroatoms. The third-order valence-electron chi connectivity index (χ3n) is 2.00. The van der Waals surface area contributed by atoms with Gasteiger partial charge in [-0.15, -0.1) is 0 Å². The summed E-state index contributed by atoms with van der Waals surface area (Å²) in [5.41, 5.74) is 5.07. The van der Waals surface area contributed by atoms with E-state index in [2.05, 4.69) is 0 Å². The van der Waals surface area contributed by atoms with Gasteiger partial charge in [-0.1, -0.05) is 29.8 Å². The van der Waals surface area contributed by atoms with Gasteiger partial charge in [0.25, 0.3) is 0 Å². The maximum absolute atomic E-state index is 10.5. The van der Waals surface area contributed by atoms with Crippen molar-refractivity contribution in [1.29, 1.82) is 0 Å². The maximum Gasteiger partial charge on any atom is 0.404 e. The zero-order valence-electron chi connectivity index (χ0n) is 9.14. The highest BCUT2D eigenvalue weighted by molar-refractivity contribution is 6.20. The van der Waals surface area contributed by atoms with Crippen LogP contribution in [0.15, 0.2) is 24.3 Å². The van der Waals surface area contributed by atoms with Crippen LogP contribution in [0.4, 0.5) is 4.79 Å². The Morgan fingerprint density at radius 1 is 1.44 bits per heavy atom. The summed E-state index contributed by atoms with van der Waals surface area (Å²) in [5.74, 6) is 0.655. The van der Waals surface area contributed by atoms with Crippen LogP contribution in [-0.4, -0.2) is 17.8 Å². The number of benzene rings is 1. The molecular weight excluding hydrogens is 230 g/mol. The van der Waals surface area contributed by atoms with Gasteiger partial charge in [0, 0.05) is 0 Å². The predicted molar refractivity (Wildman–Crippen MR) is 61.6 cm³/mol. The van der Waals surface area contributed by atoms with Gasteiger partial charge in [-0.05, 0) is 25.5 Å². The number of carbonyl (C=O) groups excluding carboxylic acids is 1. The average molecular weight is 244 g/mol. The van der Waals surface area contributed by atoms with Crippen LogP contribution in [0.5, 0.6) is 5.75 Å². The Balaban J connectivity index is 2.60. The summed E-state index contributed by atoms with van der Waals surface area (Å²) in [4.78, 5) is 10.5. The lowest BCUT2D eigenvalue weighted by Crippen LogP contribution is -2.31. The summed E-state index contributed by atoms with van der Waals surface area (Å²) in [6, 6.07) is 7.43. The predicted octanol–water partition coefficient (Wildman–Crippen LogP) is 2.42. The van der Waals surface area contributed by atoms with Gasteiger partial charge >= 0.3 is 6.09 Å². The molecule has 1 rings (SSSR count). The topological polar surface area (TPSA) is 61.6 Å². The van der Waals surface area contributed by atoms with Crippen LogP contribution < -0.4 is 10.5 Å². The minimum Gasteiger partial charge on any atom is -0.470 e. The largest absolute Gasteiger partial charge is 0.470 e. The summed E-state index contributed by atoms with van der Waals surface area (Å²) < 4.78 is 10.1. The van der Waals surface area contributed by atoms with Gasteiger partial charge in [0.15, 0.2) is 6.10 Å². The van der Waals surface area contributed by atoms with Crippen LogP contribution in [0.25, 0.3) is 0 Å². The first kappa shape index (κ1) is 12.6. The molecule has 0 saturated heterocycles. The number of rotatable bonds is 4. The minimum atomic E-state index is -0.869. The van der Waals surface area contributed by atoms with Crippen molar-refractivity contribution in [1.82, 2.24) is 0 Å². The van der Waals surface area contributed by atoms with E-state index in [4.69, 9.17) is 26.8 Å². The van der Waals surface area contributed by atoms with Crippen molar-refractivity contribution in [2.45, 2.75) is 25.5 Å². The minimum absolute atomic E-state index is 0.612. The molecule has 2 N–H and O–H groups in total. The van der Waals surface area contributed by atoms with E-state index in [9.17, 15) is 4.79 Å². The monoisotopic (exact) mass is 243 g/mol. The molecule has 0 saturated carbocycles. The van der Waals surface area contributed by atoms with Crippen LogP contribution in [0.3, 0.4) is 0 Å². The second-order valence-corrected chi connectivity index (χ2v) is 3.81. The molecule has 1 aromatic rings. The highest BCUT2D eigenvalue weighted by Crippen LogP contribution is 2.20. The molecule has 0 unspecified atom stereocenters. The van der Waals surface area contributed by atoms with Crippen LogP contribution in [0, 0.1) is 6.92 Å². The molecular formula is C11H14ClNO3. The fourth-order valence-electron chi connectivity index (χ4n) is 1.14. The third-order valence-corrected chi connectivity index (χ3v) is 2.45.